The van der Waals surface area contributed by atoms with Gasteiger partial charge in [-0.2, -0.15) is 9.78 Å². The third-order valence-electron chi connectivity index (χ3n) is 4.39. The molecule has 0 aliphatic heterocycles. The Morgan fingerprint density at radius 1 is 1.36 bits per heavy atom. The minimum absolute atomic E-state index is 0.125. The highest BCUT2D eigenvalue weighted by molar-refractivity contribution is 7.99. The number of aromatic nitrogens is 4. The molecule has 3 heterocycles. The van der Waals surface area contributed by atoms with Crippen molar-refractivity contribution in [1.82, 2.24) is 19.4 Å². The number of carboxylic acid groups (broad SMARTS) is 1. The lowest BCUT2D eigenvalue weighted by molar-refractivity contribution is -0.133. The topological polar surface area (TPSA) is 98.4 Å². The molecule has 0 aromatic carbocycles. The van der Waals surface area contributed by atoms with Crippen molar-refractivity contribution in [2.24, 2.45) is 5.10 Å². The Kier molecular flexibility index (Phi) is 5.73. The van der Waals surface area contributed by atoms with E-state index < -0.39 is 5.97 Å². The molecule has 3 aromatic rings. The van der Waals surface area contributed by atoms with E-state index in [-0.39, 0.29) is 5.75 Å². The molecule has 148 valence electrons. The SMILES string of the molecule is Cc1occc1-c1nnc(SCC(=O)O)n1/N=C\c1cc(C)n(C(C)C)c1C. The zero-order chi connectivity index (χ0) is 20.4. The monoisotopic (exact) mass is 401 g/mol. The molecule has 0 saturated heterocycles. The number of carboxylic acids is 1. The number of thioether (sulfide) groups is 1. The second kappa shape index (κ2) is 8.05. The minimum atomic E-state index is -0.926. The Hall–Kier alpha value is -2.81. The number of aliphatic carboxylic acids is 1. The minimum Gasteiger partial charge on any atom is -0.481 e. The normalized spacial score (nSPS) is 11.8. The molecule has 0 fully saturated rings. The van der Waals surface area contributed by atoms with Gasteiger partial charge >= 0.3 is 5.97 Å². The van der Waals surface area contributed by atoms with Gasteiger partial charge < -0.3 is 14.1 Å². The summed E-state index contributed by atoms with van der Waals surface area (Å²) in [6.07, 6.45) is 3.34. The molecule has 0 bridgehead atoms. The Bertz CT molecular complexity index is 1030. The van der Waals surface area contributed by atoms with Crippen molar-refractivity contribution in [3.05, 3.63) is 41.1 Å². The average molecular weight is 401 g/mol. The summed E-state index contributed by atoms with van der Waals surface area (Å²) >= 11 is 1.07. The van der Waals surface area contributed by atoms with Crippen LogP contribution in [0.15, 0.2) is 33.1 Å². The van der Waals surface area contributed by atoms with Gasteiger partial charge in [-0.3, -0.25) is 4.79 Å². The molecular weight excluding hydrogens is 378 g/mol. The molecule has 0 unspecified atom stereocenters. The molecule has 0 atom stereocenters. The van der Waals surface area contributed by atoms with Gasteiger partial charge in [0.15, 0.2) is 5.82 Å². The zero-order valence-electron chi connectivity index (χ0n) is 16.5. The van der Waals surface area contributed by atoms with Crippen LogP contribution in [0.3, 0.4) is 0 Å². The van der Waals surface area contributed by atoms with E-state index in [0.717, 1.165) is 34.3 Å². The second-order valence-corrected chi connectivity index (χ2v) is 7.67. The maximum Gasteiger partial charge on any atom is 0.313 e. The second-order valence-electron chi connectivity index (χ2n) is 6.73. The highest BCUT2D eigenvalue weighted by atomic mass is 32.2. The summed E-state index contributed by atoms with van der Waals surface area (Å²) in [5, 5.41) is 22.3. The van der Waals surface area contributed by atoms with Crippen LogP contribution in [0.4, 0.5) is 0 Å². The van der Waals surface area contributed by atoms with Gasteiger partial charge in [-0.1, -0.05) is 11.8 Å². The van der Waals surface area contributed by atoms with Gasteiger partial charge in [-0.15, -0.1) is 10.2 Å². The fourth-order valence-electron chi connectivity index (χ4n) is 3.22. The van der Waals surface area contributed by atoms with E-state index in [0.29, 0.717) is 22.8 Å². The smallest absolute Gasteiger partial charge is 0.313 e. The van der Waals surface area contributed by atoms with Gasteiger partial charge in [0, 0.05) is 23.0 Å². The Balaban J connectivity index is 2.03. The third kappa shape index (κ3) is 3.89. The molecule has 0 aliphatic rings. The largest absolute Gasteiger partial charge is 0.481 e. The first kappa shape index (κ1) is 19.9. The van der Waals surface area contributed by atoms with E-state index in [1.165, 1.54) is 0 Å². The van der Waals surface area contributed by atoms with Crippen LogP contribution in [0, 0.1) is 20.8 Å². The number of furan rings is 1. The predicted molar refractivity (Wildman–Crippen MR) is 108 cm³/mol. The summed E-state index contributed by atoms with van der Waals surface area (Å²) in [7, 11) is 0. The molecule has 0 saturated carbocycles. The molecule has 3 aromatic heterocycles. The van der Waals surface area contributed by atoms with Crippen molar-refractivity contribution in [3.63, 3.8) is 0 Å². The van der Waals surface area contributed by atoms with Crippen LogP contribution in [0.25, 0.3) is 11.4 Å². The van der Waals surface area contributed by atoms with E-state index in [9.17, 15) is 4.79 Å². The first-order chi connectivity index (χ1) is 13.3. The summed E-state index contributed by atoms with van der Waals surface area (Å²) in [6, 6.07) is 4.22. The lowest BCUT2D eigenvalue weighted by Crippen LogP contribution is -2.05. The first-order valence-electron chi connectivity index (χ1n) is 8.86. The van der Waals surface area contributed by atoms with Crippen LogP contribution >= 0.6 is 11.8 Å². The van der Waals surface area contributed by atoms with Crippen LogP contribution in [0.1, 0.15) is 42.6 Å². The third-order valence-corrected chi connectivity index (χ3v) is 5.29. The van der Waals surface area contributed by atoms with Gasteiger partial charge in [-0.25, -0.2) is 0 Å². The van der Waals surface area contributed by atoms with Crippen LogP contribution in [0.5, 0.6) is 0 Å². The number of nitrogens with zero attached hydrogens (tertiary/aromatic N) is 5. The van der Waals surface area contributed by atoms with E-state index in [4.69, 9.17) is 9.52 Å². The summed E-state index contributed by atoms with van der Waals surface area (Å²) in [5.41, 5.74) is 4.03. The average Bonchev–Trinajstić information content (AvgIpc) is 3.28. The summed E-state index contributed by atoms with van der Waals surface area (Å²) < 4.78 is 9.18. The zero-order valence-corrected chi connectivity index (χ0v) is 17.3. The highest BCUT2D eigenvalue weighted by Crippen LogP contribution is 2.27. The maximum atomic E-state index is 11.0. The Morgan fingerprint density at radius 3 is 2.68 bits per heavy atom. The number of hydrogen-bond acceptors (Lipinski definition) is 6. The van der Waals surface area contributed by atoms with Gasteiger partial charge in [-0.05, 0) is 46.8 Å². The molecule has 9 heteroatoms. The fraction of sp³-hybridized carbons (Fsp3) is 0.368. The molecular formula is C19H23N5O3S. The van der Waals surface area contributed by atoms with Crippen molar-refractivity contribution in [2.75, 3.05) is 5.75 Å². The van der Waals surface area contributed by atoms with E-state index in [1.54, 1.807) is 23.2 Å². The van der Waals surface area contributed by atoms with E-state index in [2.05, 4.69) is 53.6 Å². The molecule has 28 heavy (non-hydrogen) atoms. The van der Waals surface area contributed by atoms with Gasteiger partial charge in [0.1, 0.15) is 5.76 Å². The molecule has 3 rings (SSSR count). The lowest BCUT2D eigenvalue weighted by atomic mass is 10.2. The Labute approximate surface area is 167 Å². The van der Waals surface area contributed by atoms with Crippen molar-refractivity contribution in [3.8, 4) is 11.4 Å². The van der Waals surface area contributed by atoms with Crippen molar-refractivity contribution in [1.29, 1.82) is 0 Å². The molecule has 1 N–H and O–H groups in total. The van der Waals surface area contributed by atoms with Crippen LogP contribution < -0.4 is 0 Å². The van der Waals surface area contributed by atoms with Gasteiger partial charge in [0.05, 0.1) is 23.8 Å². The summed E-state index contributed by atoms with van der Waals surface area (Å²) in [5.74, 6) is 0.148. The summed E-state index contributed by atoms with van der Waals surface area (Å²) in [4.78, 5) is 11.0. The van der Waals surface area contributed by atoms with Crippen LogP contribution in [-0.4, -0.2) is 42.5 Å². The standard InChI is InChI=1S/C19H23N5O3S/c1-11(2)23-12(3)8-15(13(23)4)9-20-24-18(16-6-7-27-14(16)5)21-22-19(24)28-10-17(25)26/h6-9,11H,10H2,1-5H3,(H,25,26)/b20-9-. The molecule has 8 nitrogen and oxygen atoms in total. The lowest BCUT2D eigenvalue weighted by Gasteiger charge is -2.13. The molecule has 0 spiro atoms. The maximum absolute atomic E-state index is 11.0. The first-order valence-corrected chi connectivity index (χ1v) is 9.85. The van der Waals surface area contributed by atoms with Crippen LogP contribution in [-0.2, 0) is 4.79 Å². The van der Waals surface area contributed by atoms with E-state index in [1.807, 2.05) is 6.92 Å². The Morgan fingerprint density at radius 2 is 2.11 bits per heavy atom. The molecule has 0 aliphatic carbocycles. The number of carbonyl (C=O) groups is 1. The fourth-order valence-corrected chi connectivity index (χ4v) is 3.83. The predicted octanol–water partition coefficient (Wildman–Crippen LogP) is 3.90. The summed E-state index contributed by atoms with van der Waals surface area (Å²) in [6.45, 7) is 10.2. The number of aryl methyl sites for hydroxylation is 2. The quantitative estimate of drug-likeness (QED) is 0.476. The van der Waals surface area contributed by atoms with Crippen LogP contribution in [0.2, 0.25) is 0 Å². The number of rotatable bonds is 7. The van der Waals surface area contributed by atoms with E-state index >= 15 is 0 Å². The highest BCUT2D eigenvalue weighted by Gasteiger charge is 2.18. The molecule has 0 amide bonds. The molecule has 0 radical (unpaired) electrons. The van der Waals surface area contributed by atoms with Crippen molar-refractivity contribution >= 4 is 23.9 Å². The number of hydrogen-bond donors (Lipinski definition) is 1. The van der Waals surface area contributed by atoms with Crippen molar-refractivity contribution < 1.29 is 14.3 Å². The van der Waals surface area contributed by atoms with Gasteiger partial charge in [0.25, 0.3) is 0 Å². The van der Waals surface area contributed by atoms with Gasteiger partial charge in [0.2, 0.25) is 5.16 Å². The van der Waals surface area contributed by atoms with Crippen molar-refractivity contribution in [2.45, 2.75) is 45.8 Å².